The van der Waals surface area contributed by atoms with E-state index < -0.39 is 0 Å². The van der Waals surface area contributed by atoms with E-state index in [1.807, 2.05) is 11.7 Å². The fraction of sp³-hybridized carbons (Fsp3) is 0.700. The lowest BCUT2D eigenvalue weighted by atomic mass is 10.1. The highest BCUT2D eigenvalue weighted by Gasteiger charge is 2.36. The first kappa shape index (κ1) is 8.60. The molecule has 0 amide bonds. The molecule has 0 atom stereocenters. The summed E-state index contributed by atoms with van der Waals surface area (Å²) in [5, 5.41) is 7.72. The summed E-state index contributed by atoms with van der Waals surface area (Å²) >= 11 is 0. The Hall–Kier alpha value is -0.990. The summed E-state index contributed by atoms with van der Waals surface area (Å²) < 4.78 is 1.90. The first-order valence-corrected chi connectivity index (χ1v) is 4.84. The van der Waals surface area contributed by atoms with Crippen LogP contribution in [0.15, 0.2) is 6.07 Å². The standard InChI is InChI=1S/C10H17N3/c1-8-6-9(12-13(8)3)11-7-10(2)4-5-10/h6H,4-5,7H2,1-3H3,(H,11,12). The van der Waals surface area contributed by atoms with Crippen LogP contribution >= 0.6 is 0 Å². The number of nitrogens with zero attached hydrogens (tertiary/aromatic N) is 2. The van der Waals surface area contributed by atoms with E-state index in [4.69, 9.17) is 0 Å². The van der Waals surface area contributed by atoms with E-state index in [9.17, 15) is 0 Å². The van der Waals surface area contributed by atoms with Crippen LogP contribution in [0.1, 0.15) is 25.5 Å². The molecular formula is C10H17N3. The van der Waals surface area contributed by atoms with Gasteiger partial charge in [-0.3, -0.25) is 4.68 Å². The molecule has 1 aliphatic rings. The third-order valence-corrected chi connectivity index (χ3v) is 2.91. The lowest BCUT2D eigenvalue weighted by molar-refractivity contribution is 0.607. The maximum Gasteiger partial charge on any atom is 0.148 e. The summed E-state index contributed by atoms with van der Waals surface area (Å²) in [6.07, 6.45) is 2.71. The van der Waals surface area contributed by atoms with Crippen LogP contribution in [-0.2, 0) is 7.05 Å². The first-order chi connectivity index (χ1) is 6.09. The molecule has 1 aromatic heterocycles. The minimum Gasteiger partial charge on any atom is -0.368 e. The Morgan fingerprint density at radius 3 is 2.77 bits per heavy atom. The normalized spacial score (nSPS) is 18.7. The molecule has 0 unspecified atom stereocenters. The van der Waals surface area contributed by atoms with E-state index in [-0.39, 0.29) is 0 Å². The highest BCUT2D eigenvalue weighted by Crippen LogP contribution is 2.44. The zero-order chi connectivity index (χ0) is 9.47. The molecule has 1 fully saturated rings. The molecule has 0 aromatic carbocycles. The van der Waals surface area contributed by atoms with Crippen LogP contribution in [0.5, 0.6) is 0 Å². The highest BCUT2D eigenvalue weighted by atomic mass is 15.3. The smallest absolute Gasteiger partial charge is 0.148 e. The van der Waals surface area contributed by atoms with Crippen LogP contribution < -0.4 is 5.32 Å². The van der Waals surface area contributed by atoms with Gasteiger partial charge in [-0.1, -0.05) is 6.92 Å². The van der Waals surface area contributed by atoms with E-state index >= 15 is 0 Å². The van der Waals surface area contributed by atoms with Crippen molar-refractivity contribution in [2.24, 2.45) is 12.5 Å². The monoisotopic (exact) mass is 179 g/mol. The maximum atomic E-state index is 4.35. The predicted molar refractivity (Wildman–Crippen MR) is 53.8 cm³/mol. The van der Waals surface area contributed by atoms with Crippen molar-refractivity contribution in [3.8, 4) is 0 Å². The van der Waals surface area contributed by atoms with Gasteiger partial charge in [0.25, 0.3) is 0 Å². The number of rotatable bonds is 3. The summed E-state index contributed by atoms with van der Waals surface area (Å²) in [5.74, 6) is 1.01. The molecule has 1 N–H and O–H groups in total. The predicted octanol–water partition coefficient (Wildman–Crippen LogP) is 1.94. The Morgan fingerprint density at radius 2 is 2.31 bits per heavy atom. The quantitative estimate of drug-likeness (QED) is 0.768. The summed E-state index contributed by atoms with van der Waals surface area (Å²) in [6, 6.07) is 2.09. The lowest BCUT2D eigenvalue weighted by Crippen LogP contribution is -2.12. The topological polar surface area (TPSA) is 29.9 Å². The fourth-order valence-electron chi connectivity index (χ4n) is 1.34. The van der Waals surface area contributed by atoms with Crippen molar-refractivity contribution in [2.45, 2.75) is 26.7 Å². The molecule has 1 aliphatic carbocycles. The van der Waals surface area contributed by atoms with Crippen molar-refractivity contribution < 1.29 is 0 Å². The number of anilines is 1. The highest BCUT2D eigenvalue weighted by molar-refractivity contribution is 5.36. The van der Waals surface area contributed by atoms with Crippen molar-refractivity contribution >= 4 is 5.82 Å². The van der Waals surface area contributed by atoms with Gasteiger partial charge in [0.2, 0.25) is 0 Å². The Balaban J connectivity index is 1.94. The molecule has 2 rings (SSSR count). The first-order valence-electron chi connectivity index (χ1n) is 4.84. The molecule has 13 heavy (non-hydrogen) atoms. The maximum absolute atomic E-state index is 4.35. The second-order valence-corrected chi connectivity index (χ2v) is 4.46. The average molecular weight is 179 g/mol. The van der Waals surface area contributed by atoms with Crippen LogP contribution in [0.3, 0.4) is 0 Å². The molecule has 0 spiro atoms. The lowest BCUT2D eigenvalue weighted by Gasteiger charge is -2.07. The number of hydrogen-bond acceptors (Lipinski definition) is 2. The molecular weight excluding hydrogens is 162 g/mol. The zero-order valence-electron chi connectivity index (χ0n) is 8.59. The zero-order valence-corrected chi connectivity index (χ0v) is 8.59. The van der Waals surface area contributed by atoms with Gasteiger partial charge in [0.1, 0.15) is 5.82 Å². The number of nitrogens with one attached hydrogen (secondary N) is 1. The van der Waals surface area contributed by atoms with Gasteiger partial charge in [-0.05, 0) is 25.2 Å². The molecule has 3 heteroatoms. The van der Waals surface area contributed by atoms with Crippen LogP contribution in [0.4, 0.5) is 5.82 Å². The summed E-state index contributed by atoms with van der Waals surface area (Å²) in [5.41, 5.74) is 1.74. The van der Waals surface area contributed by atoms with Crippen molar-refractivity contribution in [1.82, 2.24) is 9.78 Å². The minimum absolute atomic E-state index is 0.547. The van der Waals surface area contributed by atoms with E-state index in [1.165, 1.54) is 18.5 Å². The Labute approximate surface area is 79.1 Å². The summed E-state index contributed by atoms with van der Waals surface area (Å²) in [6.45, 7) is 5.44. The second-order valence-electron chi connectivity index (χ2n) is 4.46. The van der Waals surface area contributed by atoms with Gasteiger partial charge in [0, 0.05) is 25.4 Å². The van der Waals surface area contributed by atoms with Crippen LogP contribution in [0.25, 0.3) is 0 Å². The minimum atomic E-state index is 0.547. The molecule has 72 valence electrons. The van der Waals surface area contributed by atoms with Crippen LogP contribution in [0, 0.1) is 12.3 Å². The molecule has 0 aliphatic heterocycles. The number of aromatic nitrogens is 2. The van der Waals surface area contributed by atoms with Gasteiger partial charge >= 0.3 is 0 Å². The van der Waals surface area contributed by atoms with Crippen LogP contribution in [0.2, 0.25) is 0 Å². The van der Waals surface area contributed by atoms with Gasteiger partial charge in [0.15, 0.2) is 0 Å². The van der Waals surface area contributed by atoms with Gasteiger partial charge < -0.3 is 5.32 Å². The van der Waals surface area contributed by atoms with Gasteiger partial charge in [-0.2, -0.15) is 5.10 Å². The van der Waals surface area contributed by atoms with Gasteiger partial charge in [-0.15, -0.1) is 0 Å². The molecule has 1 heterocycles. The third kappa shape index (κ3) is 1.85. The van der Waals surface area contributed by atoms with E-state index in [2.05, 4.69) is 30.3 Å². The third-order valence-electron chi connectivity index (χ3n) is 2.91. The van der Waals surface area contributed by atoms with Crippen molar-refractivity contribution in [3.63, 3.8) is 0 Å². The Morgan fingerprint density at radius 1 is 1.62 bits per heavy atom. The van der Waals surface area contributed by atoms with Crippen molar-refractivity contribution in [3.05, 3.63) is 11.8 Å². The fourth-order valence-corrected chi connectivity index (χ4v) is 1.34. The SMILES string of the molecule is Cc1cc(NCC2(C)CC2)nn1C. The van der Waals surface area contributed by atoms with E-state index in [0.717, 1.165) is 12.4 Å². The van der Waals surface area contributed by atoms with E-state index in [0.29, 0.717) is 5.41 Å². The van der Waals surface area contributed by atoms with E-state index in [1.54, 1.807) is 0 Å². The molecule has 0 saturated heterocycles. The van der Waals surface area contributed by atoms with Crippen molar-refractivity contribution in [2.75, 3.05) is 11.9 Å². The molecule has 0 radical (unpaired) electrons. The number of aryl methyl sites for hydroxylation is 2. The summed E-state index contributed by atoms with van der Waals surface area (Å²) in [7, 11) is 1.97. The Bertz CT molecular complexity index is 290. The van der Waals surface area contributed by atoms with Crippen LogP contribution in [-0.4, -0.2) is 16.3 Å². The number of hydrogen-bond donors (Lipinski definition) is 1. The van der Waals surface area contributed by atoms with Gasteiger partial charge in [0.05, 0.1) is 0 Å². The molecule has 3 nitrogen and oxygen atoms in total. The average Bonchev–Trinajstić information content (AvgIpc) is 2.72. The Kier molecular flexibility index (Phi) is 1.82. The molecule has 0 bridgehead atoms. The second kappa shape index (κ2) is 2.76. The van der Waals surface area contributed by atoms with Gasteiger partial charge in [-0.25, -0.2) is 0 Å². The molecule has 1 saturated carbocycles. The molecule has 1 aromatic rings. The largest absolute Gasteiger partial charge is 0.368 e. The summed E-state index contributed by atoms with van der Waals surface area (Å²) in [4.78, 5) is 0. The van der Waals surface area contributed by atoms with Crippen molar-refractivity contribution in [1.29, 1.82) is 0 Å².